The van der Waals surface area contributed by atoms with E-state index in [1.54, 1.807) is 5.38 Å². The molecule has 2 aromatic rings. The number of ether oxygens (including phenoxy) is 2. The van der Waals surface area contributed by atoms with E-state index >= 15 is 0 Å². The molecule has 1 aromatic carbocycles. The Hall–Kier alpha value is -2.25. The Labute approximate surface area is 156 Å². The van der Waals surface area contributed by atoms with E-state index in [0.29, 0.717) is 6.54 Å². The van der Waals surface area contributed by atoms with Gasteiger partial charge in [-0.05, 0) is 24.8 Å². The van der Waals surface area contributed by atoms with Gasteiger partial charge in [0.2, 0.25) is 0 Å². The Balaban J connectivity index is 1.48. The second kappa shape index (κ2) is 8.91. The van der Waals surface area contributed by atoms with E-state index in [0.717, 1.165) is 36.4 Å². The monoisotopic (exact) mass is 374 g/mol. The summed E-state index contributed by atoms with van der Waals surface area (Å²) in [4.78, 5) is 28.1. The first-order valence-electron chi connectivity index (χ1n) is 8.76. The van der Waals surface area contributed by atoms with Crippen molar-refractivity contribution in [1.29, 1.82) is 0 Å². The number of amides is 1. The van der Waals surface area contributed by atoms with Gasteiger partial charge in [0.25, 0.3) is 5.91 Å². The van der Waals surface area contributed by atoms with E-state index < -0.39 is 5.97 Å². The first-order chi connectivity index (χ1) is 12.7. The van der Waals surface area contributed by atoms with Crippen LogP contribution < -0.4 is 5.32 Å². The van der Waals surface area contributed by atoms with Gasteiger partial charge >= 0.3 is 5.97 Å². The molecule has 0 bridgehead atoms. The lowest BCUT2D eigenvalue weighted by Crippen LogP contribution is -2.34. The minimum atomic E-state index is -0.593. The largest absolute Gasteiger partial charge is 0.451 e. The van der Waals surface area contributed by atoms with Gasteiger partial charge in [-0.3, -0.25) is 4.79 Å². The number of nitrogens with zero attached hydrogens (tertiary/aromatic N) is 1. The second-order valence-electron chi connectivity index (χ2n) is 6.10. The highest BCUT2D eigenvalue weighted by molar-refractivity contribution is 7.13. The number of nitrogens with one attached hydrogen (secondary N) is 1. The summed E-state index contributed by atoms with van der Waals surface area (Å²) in [6.07, 6.45) is 3.00. The van der Waals surface area contributed by atoms with Gasteiger partial charge in [0.15, 0.2) is 12.3 Å². The third kappa shape index (κ3) is 4.89. The Morgan fingerprint density at radius 3 is 2.85 bits per heavy atom. The normalized spacial score (nSPS) is 16.4. The maximum Gasteiger partial charge on any atom is 0.358 e. The maximum absolute atomic E-state index is 12.1. The number of carbonyl (C=O) groups is 2. The third-order valence-corrected chi connectivity index (χ3v) is 5.10. The van der Waals surface area contributed by atoms with Crippen molar-refractivity contribution >= 4 is 23.2 Å². The molecule has 1 N–H and O–H groups in total. The van der Waals surface area contributed by atoms with Crippen molar-refractivity contribution in [2.75, 3.05) is 19.8 Å². The minimum absolute atomic E-state index is 0.0647. The summed E-state index contributed by atoms with van der Waals surface area (Å²) in [6, 6.07) is 8.08. The Kier molecular flexibility index (Phi) is 6.35. The van der Waals surface area contributed by atoms with Crippen LogP contribution in [0.2, 0.25) is 0 Å². The van der Waals surface area contributed by atoms with Crippen LogP contribution in [0.3, 0.4) is 0 Å². The van der Waals surface area contributed by atoms with Crippen LogP contribution in [0.5, 0.6) is 0 Å². The molecule has 0 saturated carbocycles. The topological polar surface area (TPSA) is 77.5 Å². The third-order valence-electron chi connectivity index (χ3n) is 4.21. The van der Waals surface area contributed by atoms with Gasteiger partial charge in [0.05, 0.1) is 6.10 Å². The molecule has 1 atom stereocenters. The van der Waals surface area contributed by atoms with Crippen molar-refractivity contribution < 1.29 is 19.1 Å². The fraction of sp³-hybridized carbons (Fsp3) is 0.421. The minimum Gasteiger partial charge on any atom is -0.451 e. The molecule has 138 valence electrons. The highest BCUT2D eigenvalue weighted by atomic mass is 32.1. The summed E-state index contributed by atoms with van der Waals surface area (Å²) in [5.74, 6) is -0.926. The summed E-state index contributed by atoms with van der Waals surface area (Å²) in [5.41, 5.74) is 2.43. The average molecular weight is 374 g/mol. The van der Waals surface area contributed by atoms with Gasteiger partial charge in [0, 0.05) is 24.1 Å². The summed E-state index contributed by atoms with van der Waals surface area (Å²) in [6.45, 7) is 2.97. The van der Waals surface area contributed by atoms with Gasteiger partial charge in [-0.2, -0.15) is 0 Å². The Morgan fingerprint density at radius 2 is 2.15 bits per heavy atom. The van der Waals surface area contributed by atoms with Crippen LogP contribution >= 0.6 is 11.3 Å². The highest BCUT2D eigenvalue weighted by Crippen LogP contribution is 2.24. The molecule has 1 unspecified atom stereocenters. The van der Waals surface area contributed by atoms with Gasteiger partial charge in [0.1, 0.15) is 5.01 Å². The summed E-state index contributed by atoms with van der Waals surface area (Å²) in [5, 5.41) is 5.12. The molecular weight excluding hydrogens is 352 g/mol. The quantitative estimate of drug-likeness (QED) is 0.754. The van der Waals surface area contributed by atoms with Crippen LogP contribution in [-0.4, -0.2) is 42.7 Å². The van der Waals surface area contributed by atoms with Crippen molar-refractivity contribution in [2.24, 2.45) is 0 Å². The molecule has 0 aliphatic carbocycles. The molecule has 26 heavy (non-hydrogen) atoms. The number of aromatic nitrogens is 1. The molecular formula is C19H22N2O4S. The zero-order valence-corrected chi connectivity index (χ0v) is 15.5. The van der Waals surface area contributed by atoms with E-state index in [1.165, 1.54) is 16.9 Å². The Bertz CT molecular complexity index is 751. The molecule has 3 rings (SSSR count). The zero-order valence-electron chi connectivity index (χ0n) is 14.7. The maximum atomic E-state index is 12.1. The van der Waals surface area contributed by atoms with Crippen molar-refractivity contribution in [3.05, 3.63) is 40.9 Å². The summed E-state index contributed by atoms with van der Waals surface area (Å²) < 4.78 is 10.5. The van der Waals surface area contributed by atoms with Crippen LogP contribution in [0.25, 0.3) is 10.6 Å². The SMILES string of the molecule is CCc1ccc(-c2nc(C(=O)OCC(=O)NCC3CCCO3)cs2)cc1. The van der Waals surface area contributed by atoms with Crippen LogP contribution in [0, 0.1) is 0 Å². The number of rotatable bonds is 7. The van der Waals surface area contributed by atoms with E-state index in [-0.39, 0.29) is 24.3 Å². The molecule has 1 aliphatic heterocycles. The number of esters is 1. The van der Waals surface area contributed by atoms with Crippen LogP contribution in [0.15, 0.2) is 29.6 Å². The highest BCUT2D eigenvalue weighted by Gasteiger charge is 2.18. The first-order valence-corrected chi connectivity index (χ1v) is 9.64. The summed E-state index contributed by atoms with van der Waals surface area (Å²) >= 11 is 1.38. The van der Waals surface area contributed by atoms with Gasteiger partial charge in [-0.1, -0.05) is 31.2 Å². The number of thiazole rings is 1. The van der Waals surface area contributed by atoms with Crippen molar-refractivity contribution in [2.45, 2.75) is 32.3 Å². The molecule has 1 saturated heterocycles. The number of carbonyl (C=O) groups excluding carboxylic acids is 2. The lowest BCUT2D eigenvalue weighted by molar-refractivity contribution is -0.124. The molecule has 0 radical (unpaired) electrons. The Morgan fingerprint density at radius 1 is 1.35 bits per heavy atom. The fourth-order valence-electron chi connectivity index (χ4n) is 2.67. The van der Waals surface area contributed by atoms with Crippen LogP contribution in [0.1, 0.15) is 35.8 Å². The fourth-order valence-corrected chi connectivity index (χ4v) is 3.47. The molecule has 1 amide bonds. The first kappa shape index (κ1) is 18.5. The molecule has 1 aliphatic rings. The molecule has 2 heterocycles. The van der Waals surface area contributed by atoms with Gasteiger partial charge < -0.3 is 14.8 Å². The molecule has 1 fully saturated rings. The molecule has 7 heteroatoms. The lowest BCUT2D eigenvalue weighted by atomic mass is 10.1. The smallest absolute Gasteiger partial charge is 0.358 e. The van der Waals surface area contributed by atoms with Crippen LogP contribution in [0.4, 0.5) is 0 Å². The van der Waals surface area contributed by atoms with Gasteiger partial charge in [-0.15, -0.1) is 11.3 Å². The van der Waals surface area contributed by atoms with Crippen LogP contribution in [-0.2, 0) is 20.7 Å². The number of hydrogen-bond donors (Lipinski definition) is 1. The predicted molar refractivity (Wildman–Crippen MR) is 99.2 cm³/mol. The van der Waals surface area contributed by atoms with E-state index in [4.69, 9.17) is 9.47 Å². The van der Waals surface area contributed by atoms with E-state index in [9.17, 15) is 9.59 Å². The lowest BCUT2D eigenvalue weighted by Gasteiger charge is -2.10. The van der Waals surface area contributed by atoms with Crippen molar-refractivity contribution in [3.63, 3.8) is 0 Å². The average Bonchev–Trinajstić information content (AvgIpc) is 3.36. The zero-order chi connectivity index (χ0) is 18.4. The number of hydrogen-bond acceptors (Lipinski definition) is 6. The summed E-state index contributed by atoms with van der Waals surface area (Å²) in [7, 11) is 0. The molecule has 1 aromatic heterocycles. The van der Waals surface area contributed by atoms with Gasteiger partial charge in [-0.25, -0.2) is 9.78 Å². The van der Waals surface area contributed by atoms with E-state index in [2.05, 4.69) is 17.2 Å². The molecule has 0 spiro atoms. The number of aryl methyl sites for hydroxylation is 1. The predicted octanol–water partition coefficient (Wildman–Crippen LogP) is 2.82. The van der Waals surface area contributed by atoms with E-state index in [1.807, 2.05) is 24.3 Å². The standard InChI is InChI=1S/C19H22N2O4S/c1-2-13-5-7-14(8-6-13)18-21-16(12-26-18)19(23)25-11-17(22)20-10-15-4-3-9-24-15/h5-8,12,15H,2-4,9-11H2,1H3,(H,20,22). The van der Waals surface area contributed by atoms with Crippen molar-refractivity contribution in [3.8, 4) is 10.6 Å². The van der Waals surface area contributed by atoms with Crippen molar-refractivity contribution in [1.82, 2.24) is 10.3 Å². The second-order valence-corrected chi connectivity index (χ2v) is 6.96. The molecule has 6 nitrogen and oxygen atoms in total. The number of benzene rings is 1.